The SMILES string of the molecule is c1cc2cnc(OC[C@H]3CCCN3)cc2[nH]1. The summed E-state index contributed by atoms with van der Waals surface area (Å²) in [5.41, 5.74) is 1.07. The number of pyridine rings is 1. The van der Waals surface area contributed by atoms with Crippen LogP contribution in [-0.4, -0.2) is 29.2 Å². The highest BCUT2D eigenvalue weighted by atomic mass is 16.5. The Kier molecular flexibility index (Phi) is 2.50. The van der Waals surface area contributed by atoms with E-state index in [1.54, 1.807) is 0 Å². The Morgan fingerprint density at radius 3 is 3.38 bits per heavy atom. The minimum absolute atomic E-state index is 0.487. The molecule has 0 unspecified atom stereocenters. The van der Waals surface area contributed by atoms with E-state index in [1.165, 1.54) is 12.8 Å². The number of aromatic nitrogens is 2. The number of rotatable bonds is 3. The number of hydrogen-bond donors (Lipinski definition) is 2. The summed E-state index contributed by atoms with van der Waals surface area (Å²) in [6.45, 7) is 1.82. The molecule has 2 aromatic rings. The van der Waals surface area contributed by atoms with E-state index in [9.17, 15) is 0 Å². The van der Waals surface area contributed by atoms with E-state index in [0.29, 0.717) is 18.5 Å². The van der Waals surface area contributed by atoms with Crippen LogP contribution >= 0.6 is 0 Å². The van der Waals surface area contributed by atoms with Crippen molar-refractivity contribution in [2.24, 2.45) is 0 Å². The quantitative estimate of drug-likeness (QED) is 0.822. The first kappa shape index (κ1) is 9.66. The smallest absolute Gasteiger partial charge is 0.215 e. The van der Waals surface area contributed by atoms with Crippen molar-refractivity contribution < 1.29 is 4.74 Å². The molecule has 4 nitrogen and oxygen atoms in total. The van der Waals surface area contributed by atoms with E-state index in [0.717, 1.165) is 17.4 Å². The van der Waals surface area contributed by atoms with Crippen LogP contribution < -0.4 is 10.1 Å². The van der Waals surface area contributed by atoms with Crippen molar-refractivity contribution in [3.63, 3.8) is 0 Å². The average Bonchev–Trinajstić information content (AvgIpc) is 2.97. The van der Waals surface area contributed by atoms with Gasteiger partial charge in [-0.1, -0.05) is 0 Å². The number of ether oxygens (including phenoxy) is 1. The number of H-pyrrole nitrogens is 1. The molecule has 2 aromatic heterocycles. The third kappa shape index (κ3) is 1.88. The van der Waals surface area contributed by atoms with Crippen molar-refractivity contribution in [2.75, 3.05) is 13.2 Å². The Bertz CT molecular complexity index is 474. The fourth-order valence-electron chi connectivity index (χ4n) is 2.09. The Balaban J connectivity index is 1.68. The van der Waals surface area contributed by atoms with Crippen molar-refractivity contribution in [3.05, 3.63) is 24.5 Å². The van der Waals surface area contributed by atoms with Gasteiger partial charge in [0.2, 0.25) is 5.88 Å². The van der Waals surface area contributed by atoms with Crippen LogP contribution in [-0.2, 0) is 0 Å². The van der Waals surface area contributed by atoms with Crippen LogP contribution in [0.4, 0.5) is 0 Å². The molecular formula is C12H15N3O. The Morgan fingerprint density at radius 1 is 1.50 bits per heavy atom. The van der Waals surface area contributed by atoms with Crippen molar-refractivity contribution in [1.29, 1.82) is 0 Å². The van der Waals surface area contributed by atoms with Gasteiger partial charge in [0.1, 0.15) is 6.61 Å². The number of nitrogens with one attached hydrogen (secondary N) is 2. The maximum atomic E-state index is 5.67. The van der Waals surface area contributed by atoms with Crippen LogP contribution in [0.1, 0.15) is 12.8 Å². The molecule has 1 saturated heterocycles. The fraction of sp³-hybridized carbons (Fsp3) is 0.417. The average molecular weight is 217 g/mol. The number of nitrogens with zero attached hydrogens (tertiary/aromatic N) is 1. The van der Waals surface area contributed by atoms with E-state index in [4.69, 9.17) is 4.74 Å². The van der Waals surface area contributed by atoms with Crippen LogP contribution in [0.15, 0.2) is 24.5 Å². The topological polar surface area (TPSA) is 49.9 Å². The first-order chi connectivity index (χ1) is 7.92. The summed E-state index contributed by atoms with van der Waals surface area (Å²) in [6, 6.07) is 4.44. The van der Waals surface area contributed by atoms with Gasteiger partial charge in [0.05, 0.1) is 5.52 Å². The molecule has 0 spiro atoms. The number of fused-ring (bicyclic) bond motifs is 1. The van der Waals surface area contributed by atoms with E-state index in [1.807, 2.05) is 24.5 Å². The maximum Gasteiger partial charge on any atom is 0.215 e. The van der Waals surface area contributed by atoms with Crippen molar-refractivity contribution in [3.8, 4) is 5.88 Å². The molecule has 3 heterocycles. The van der Waals surface area contributed by atoms with Gasteiger partial charge in [-0.05, 0) is 25.5 Å². The molecule has 2 N–H and O–H groups in total. The second kappa shape index (κ2) is 4.14. The maximum absolute atomic E-state index is 5.67. The van der Waals surface area contributed by atoms with E-state index < -0.39 is 0 Å². The molecule has 84 valence electrons. The number of hydrogen-bond acceptors (Lipinski definition) is 3. The predicted octanol–water partition coefficient (Wildman–Crippen LogP) is 1.69. The second-order valence-corrected chi connectivity index (χ2v) is 4.19. The lowest BCUT2D eigenvalue weighted by atomic mass is 10.2. The van der Waals surface area contributed by atoms with Gasteiger partial charge in [-0.25, -0.2) is 4.98 Å². The van der Waals surface area contributed by atoms with Crippen molar-refractivity contribution >= 4 is 10.9 Å². The van der Waals surface area contributed by atoms with Gasteiger partial charge in [-0.3, -0.25) is 0 Å². The zero-order chi connectivity index (χ0) is 10.8. The summed E-state index contributed by atoms with van der Waals surface area (Å²) in [6.07, 6.45) is 6.19. The van der Waals surface area contributed by atoms with Gasteiger partial charge < -0.3 is 15.0 Å². The number of aromatic amines is 1. The second-order valence-electron chi connectivity index (χ2n) is 4.19. The lowest BCUT2D eigenvalue weighted by Gasteiger charge is -2.11. The van der Waals surface area contributed by atoms with Crippen LogP contribution in [0.5, 0.6) is 5.88 Å². The molecule has 4 heteroatoms. The Hall–Kier alpha value is -1.55. The Labute approximate surface area is 94.0 Å². The summed E-state index contributed by atoms with van der Waals surface area (Å²) in [7, 11) is 0. The molecule has 0 aliphatic carbocycles. The summed E-state index contributed by atoms with van der Waals surface area (Å²) >= 11 is 0. The van der Waals surface area contributed by atoms with Crippen LogP contribution in [0.2, 0.25) is 0 Å². The molecule has 0 bridgehead atoms. The molecule has 1 aliphatic rings. The zero-order valence-electron chi connectivity index (χ0n) is 9.07. The third-order valence-corrected chi connectivity index (χ3v) is 3.01. The molecule has 16 heavy (non-hydrogen) atoms. The standard InChI is InChI=1S/C12H15N3O/c1-2-10(13-4-1)8-16-12-6-11-9(7-15-12)3-5-14-11/h3,5-7,10,13-14H,1-2,4,8H2/t10-/m1/s1. The molecule has 3 rings (SSSR count). The molecule has 0 amide bonds. The van der Waals surface area contributed by atoms with Gasteiger partial charge in [0.15, 0.2) is 0 Å². The minimum atomic E-state index is 0.487. The van der Waals surface area contributed by atoms with E-state index >= 15 is 0 Å². The molecule has 0 radical (unpaired) electrons. The minimum Gasteiger partial charge on any atom is -0.476 e. The lowest BCUT2D eigenvalue weighted by molar-refractivity contribution is 0.268. The molecule has 0 saturated carbocycles. The van der Waals surface area contributed by atoms with Crippen molar-refractivity contribution in [2.45, 2.75) is 18.9 Å². The molecular weight excluding hydrogens is 202 g/mol. The third-order valence-electron chi connectivity index (χ3n) is 3.01. The van der Waals surface area contributed by atoms with Gasteiger partial charge >= 0.3 is 0 Å². The van der Waals surface area contributed by atoms with Crippen LogP contribution in [0.3, 0.4) is 0 Å². The van der Waals surface area contributed by atoms with Gasteiger partial charge in [0, 0.05) is 29.9 Å². The first-order valence-corrected chi connectivity index (χ1v) is 5.71. The molecule has 1 aliphatic heterocycles. The van der Waals surface area contributed by atoms with Crippen LogP contribution in [0, 0.1) is 0 Å². The lowest BCUT2D eigenvalue weighted by Crippen LogP contribution is -2.28. The Morgan fingerprint density at radius 2 is 2.50 bits per heavy atom. The summed E-state index contributed by atoms with van der Waals surface area (Å²) in [4.78, 5) is 7.42. The van der Waals surface area contributed by atoms with Crippen molar-refractivity contribution in [1.82, 2.24) is 15.3 Å². The van der Waals surface area contributed by atoms with E-state index in [2.05, 4.69) is 15.3 Å². The molecule has 1 atom stereocenters. The van der Waals surface area contributed by atoms with Gasteiger partial charge in [0.25, 0.3) is 0 Å². The summed E-state index contributed by atoms with van der Waals surface area (Å²) in [5, 5.41) is 4.52. The highest BCUT2D eigenvalue weighted by molar-refractivity contribution is 5.78. The fourth-order valence-corrected chi connectivity index (χ4v) is 2.09. The first-order valence-electron chi connectivity index (χ1n) is 5.71. The highest BCUT2D eigenvalue weighted by Gasteiger charge is 2.14. The largest absolute Gasteiger partial charge is 0.476 e. The monoisotopic (exact) mass is 217 g/mol. The summed E-state index contributed by atoms with van der Waals surface area (Å²) < 4.78 is 5.67. The van der Waals surface area contributed by atoms with Crippen LogP contribution in [0.25, 0.3) is 10.9 Å². The van der Waals surface area contributed by atoms with E-state index in [-0.39, 0.29) is 0 Å². The summed E-state index contributed by atoms with van der Waals surface area (Å²) in [5.74, 6) is 0.698. The van der Waals surface area contributed by atoms with Gasteiger partial charge in [-0.2, -0.15) is 0 Å². The molecule has 1 fully saturated rings. The van der Waals surface area contributed by atoms with Gasteiger partial charge in [-0.15, -0.1) is 0 Å². The molecule has 0 aromatic carbocycles. The zero-order valence-corrected chi connectivity index (χ0v) is 9.07. The predicted molar refractivity (Wildman–Crippen MR) is 62.6 cm³/mol. The highest BCUT2D eigenvalue weighted by Crippen LogP contribution is 2.16. The normalized spacial score (nSPS) is 20.4.